The summed E-state index contributed by atoms with van der Waals surface area (Å²) in [6.45, 7) is 1.88. The zero-order valence-electron chi connectivity index (χ0n) is 9.64. The molecule has 0 unspecified atom stereocenters. The van der Waals surface area contributed by atoms with E-state index in [1.54, 1.807) is 13.3 Å². The normalized spacial score (nSPS) is 10.5. The molecule has 2 heterocycles. The van der Waals surface area contributed by atoms with E-state index in [9.17, 15) is 4.79 Å². The van der Waals surface area contributed by atoms with E-state index in [0.717, 1.165) is 10.7 Å². The van der Waals surface area contributed by atoms with E-state index < -0.39 is 0 Å². The van der Waals surface area contributed by atoms with Crippen molar-refractivity contribution in [3.8, 4) is 10.7 Å². The Morgan fingerprint density at radius 1 is 1.47 bits per heavy atom. The SMILES string of the molecule is COCc1nc(-c2ccccn2)sc1C(C)=O. The van der Waals surface area contributed by atoms with E-state index in [1.807, 2.05) is 18.2 Å². The third-order valence-electron chi connectivity index (χ3n) is 2.18. The molecule has 0 aliphatic rings. The molecule has 0 N–H and O–H groups in total. The largest absolute Gasteiger partial charge is 0.378 e. The van der Waals surface area contributed by atoms with Crippen molar-refractivity contribution >= 4 is 17.1 Å². The zero-order chi connectivity index (χ0) is 12.3. The lowest BCUT2D eigenvalue weighted by Gasteiger charge is -1.95. The highest BCUT2D eigenvalue weighted by atomic mass is 32.1. The Labute approximate surface area is 103 Å². The fourth-order valence-corrected chi connectivity index (χ4v) is 2.40. The minimum atomic E-state index is 0.0109. The maximum atomic E-state index is 11.5. The van der Waals surface area contributed by atoms with Gasteiger partial charge in [0.2, 0.25) is 0 Å². The zero-order valence-corrected chi connectivity index (χ0v) is 10.5. The number of aromatic nitrogens is 2. The van der Waals surface area contributed by atoms with Crippen molar-refractivity contribution < 1.29 is 9.53 Å². The van der Waals surface area contributed by atoms with Crippen LogP contribution in [0.1, 0.15) is 22.3 Å². The summed E-state index contributed by atoms with van der Waals surface area (Å²) in [5.41, 5.74) is 1.47. The third-order valence-corrected chi connectivity index (χ3v) is 3.40. The molecule has 2 rings (SSSR count). The maximum absolute atomic E-state index is 11.5. The number of pyridine rings is 1. The van der Waals surface area contributed by atoms with Gasteiger partial charge >= 0.3 is 0 Å². The molecule has 0 aliphatic heterocycles. The average Bonchev–Trinajstić information content (AvgIpc) is 2.75. The highest BCUT2D eigenvalue weighted by molar-refractivity contribution is 7.17. The molecule has 2 aromatic heterocycles. The smallest absolute Gasteiger partial charge is 0.171 e. The summed E-state index contributed by atoms with van der Waals surface area (Å²) < 4.78 is 5.04. The van der Waals surface area contributed by atoms with E-state index in [0.29, 0.717) is 17.2 Å². The predicted octanol–water partition coefficient (Wildman–Crippen LogP) is 2.55. The molecule has 88 valence electrons. The van der Waals surface area contributed by atoms with Gasteiger partial charge in [0.25, 0.3) is 0 Å². The molecule has 0 saturated carbocycles. The number of thiazole rings is 1. The lowest BCUT2D eigenvalue weighted by molar-refractivity contribution is 0.101. The molecule has 0 atom stereocenters. The molecular formula is C12H12N2O2S. The van der Waals surface area contributed by atoms with Gasteiger partial charge in [-0.3, -0.25) is 9.78 Å². The Hall–Kier alpha value is -1.59. The van der Waals surface area contributed by atoms with Gasteiger partial charge < -0.3 is 4.74 Å². The quantitative estimate of drug-likeness (QED) is 0.780. The molecule has 5 heteroatoms. The number of Topliss-reactive ketones (excluding diaryl/α,β-unsaturated/α-hetero) is 1. The van der Waals surface area contributed by atoms with Crippen molar-refractivity contribution in [3.63, 3.8) is 0 Å². The van der Waals surface area contributed by atoms with Crippen molar-refractivity contribution in [1.29, 1.82) is 0 Å². The highest BCUT2D eigenvalue weighted by Gasteiger charge is 2.16. The summed E-state index contributed by atoms with van der Waals surface area (Å²) in [5, 5.41) is 0.753. The van der Waals surface area contributed by atoms with E-state index in [-0.39, 0.29) is 5.78 Å². The van der Waals surface area contributed by atoms with Crippen LogP contribution in [0.3, 0.4) is 0 Å². The lowest BCUT2D eigenvalue weighted by Crippen LogP contribution is -1.97. The van der Waals surface area contributed by atoms with Crippen molar-refractivity contribution in [2.45, 2.75) is 13.5 Å². The van der Waals surface area contributed by atoms with Gasteiger partial charge in [0.05, 0.1) is 22.9 Å². The van der Waals surface area contributed by atoms with Crippen LogP contribution in [0.5, 0.6) is 0 Å². The fraction of sp³-hybridized carbons (Fsp3) is 0.250. The number of hydrogen-bond acceptors (Lipinski definition) is 5. The van der Waals surface area contributed by atoms with Crippen molar-refractivity contribution in [1.82, 2.24) is 9.97 Å². The third kappa shape index (κ3) is 2.57. The number of hydrogen-bond donors (Lipinski definition) is 0. The van der Waals surface area contributed by atoms with Crippen LogP contribution in [0.4, 0.5) is 0 Å². The predicted molar refractivity (Wildman–Crippen MR) is 66.1 cm³/mol. The summed E-state index contributed by atoms with van der Waals surface area (Å²) in [6.07, 6.45) is 1.71. The van der Waals surface area contributed by atoms with Crippen LogP contribution >= 0.6 is 11.3 Å². The second-order valence-electron chi connectivity index (χ2n) is 3.50. The molecule has 0 spiro atoms. The number of rotatable bonds is 4. The van der Waals surface area contributed by atoms with E-state index >= 15 is 0 Å². The van der Waals surface area contributed by atoms with Crippen molar-refractivity contribution in [2.75, 3.05) is 7.11 Å². The summed E-state index contributed by atoms with van der Waals surface area (Å²) in [6, 6.07) is 5.62. The molecule has 17 heavy (non-hydrogen) atoms. The topological polar surface area (TPSA) is 52.1 Å². The highest BCUT2D eigenvalue weighted by Crippen LogP contribution is 2.27. The number of ether oxygens (including phenoxy) is 1. The Bertz CT molecular complexity index is 523. The standard InChI is InChI=1S/C12H12N2O2S/c1-8(15)11-10(7-16-2)14-12(17-11)9-5-3-4-6-13-9/h3-6H,7H2,1-2H3. The molecule has 0 amide bonds. The van der Waals surface area contributed by atoms with Gasteiger partial charge in [0, 0.05) is 20.2 Å². The molecule has 0 radical (unpaired) electrons. The summed E-state index contributed by atoms with van der Waals surface area (Å²) in [7, 11) is 1.59. The Morgan fingerprint density at radius 2 is 2.29 bits per heavy atom. The molecular weight excluding hydrogens is 236 g/mol. The maximum Gasteiger partial charge on any atom is 0.171 e. The lowest BCUT2D eigenvalue weighted by atomic mass is 10.3. The van der Waals surface area contributed by atoms with Crippen LogP contribution in [0.25, 0.3) is 10.7 Å². The molecule has 4 nitrogen and oxygen atoms in total. The fourth-order valence-electron chi connectivity index (χ4n) is 1.46. The molecule has 0 saturated heterocycles. The van der Waals surface area contributed by atoms with Gasteiger partial charge in [0.15, 0.2) is 5.78 Å². The number of ketones is 1. The second-order valence-corrected chi connectivity index (χ2v) is 4.50. The van der Waals surface area contributed by atoms with Crippen LogP contribution < -0.4 is 0 Å². The number of carbonyl (C=O) groups is 1. The van der Waals surface area contributed by atoms with Gasteiger partial charge in [-0.05, 0) is 12.1 Å². The number of nitrogens with zero attached hydrogens (tertiary/aromatic N) is 2. The van der Waals surface area contributed by atoms with Crippen LogP contribution in [-0.2, 0) is 11.3 Å². The molecule has 0 fully saturated rings. The van der Waals surface area contributed by atoms with Crippen molar-refractivity contribution in [2.24, 2.45) is 0 Å². The minimum absolute atomic E-state index is 0.0109. The molecule has 0 aliphatic carbocycles. The van der Waals surface area contributed by atoms with Crippen LogP contribution in [0.2, 0.25) is 0 Å². The number of methoxy groups -OCH3 is 1. The summed E-state index contributed by atoms with van der Waals surface area (Å²) in [4.78, 5) is 20.7. The van der Waals surface area contributed by atoms with E-state index in [2.05, 4.69) is 9.97 Å². The average molecular weight is 248 g/mol. The van der Waals surface area contributed by atoms with Crippen LogP contribution in [0.15, 0.2) is 24.4 Å². The Morgan fingerprint density at radius 3 is 2.88 bits per heavy atom. The van der Waals surface area contributed by atoms with Gasteiger partial charge in [-0.1, -0.05) is 6.07 Å². The minimum Gasteiger partial charge on any atom is -0.378 e. The molecule has 0 bridgehead atoms. The monoisotopic (exact) mass is 248 g/mol. The van der Waals surface area contributed by atoms with E-state index in [1.165, 1.54) is 18.3 Å². The first-order chi connectivity index (χ1) is 8.22. The van der Waals surface area contributed by atoms with Gasteiger partial charge in [-0.15, -0.1) is 11.3 Å². The van der Waals surface area contributed by atoms with E-state index in [4.69, 9.17) is 4.74 Å². The summed E-state index contributed by atoms with van der Waals surface area (Å²) in [5.74, 6) is 0.0109. The Balaban J connectivity index is 2.44. The molecule has 2 aromatic rings. The van der Waals surface area contributed by atoms with Crippen molar-refractivity contribution in [3.05, 3.63) is 35.0 Å². The number of carbonyl (C=O) groups excluding carboxylic acids is 1. The van der Waals surface area contributed by atoms with Gasteiger partial charge in [-0.2, -0.15) is 0 Å². The van der Waals surface area contributed by atoms with Crippen LogP contribution in [-0.4, -0.2) is 22.9 Å². The second kappa shape index (κ2) is 5.16. The first-order valence-electron chi connectivity index (χ1n) is 5.13. The van der Waals surface area contributed by atoms with Gasteiger partial charge in [0.1, 0.15) is 5.01 Å². The first kappa shape index (κ1) is 11.9. The summed E-state index contributed by atoms with van der Waals surface area (Å²) >= 11 is 1.36. The first-order valence-corrected chi connectivity index (χ1v) is 5.95. The van der Waals surface area contributed by atoms with Crippen LogP contribution in [0, 0.1) is 0 Å². The molecule has 0 aromatic carbocycles. The Kier molecular flexibility index (Phi) is 3.61. The van der Waals surface area contributed by atoms with Gasteiger partial charge in [-0.25, -0.2) is 4.98 Å².